The standard InChI is InChI=1S/C17H20Cl2N2O/c1-11-4-5-17(6-8-20-9-7-17)16(22)21-15(11)13-3-2-12(18)10-14(13)19/h2-3,10,20H,4-9H2,1H3,(H,21,22). The fraction of sp³-hybridized carbons (Fsp3) is 0.471. The van der Waals surface area contributed by atoms with Crippen LogP contribution in [0.3, 0.4) is 0 Å². The smallest absolute Gasteiger partial charge is 0.230 e. The van der Waals surface area contributed by atoms with Gasteiger partial charge in [0.1, 0.15) is 0 Å². The number of allylic oxidation sites excluding steroid dienone is 1. The first-order valence-corrected chi connectivity index (χ1v) is 8.45. The zero-order valence-electron chi connectivity index (χ0n) is 12.6. The van der Waals surface area contributed by atoms with Crippen LogP contribution in [0, 0.1) is 5.41 Å². The first kappa shape index (κ1) is 15.9. The molecule has 0 unspecified atom stereocenters. The minimum Gasteiger partial charge on any atom is -0.325 e. The Morgan fingerprint density at radius 1 is 1.14 bits per heavy atom. The minimum absolute atomic E-state index is 0.131. The number of benzene rings is 1. The van der Waals surface area contributed by atoms with Gasteiger partial charge >= 0.3 is 0 Å². The Hall–Kier alpha value is -1.03. The molecule has 22 heavy (non-hydrogen) atoms. The molecule has 0 radical (unpaired) electrons. The second-order valence-electron chi connectivity index (χ2n) is 6.26. The SMILES string of the molecule is CC1=C(c2ccc(Cl)cc2Cl)NC(=O)C2(CCNCC2)CC1. The van der Waals surface area contributed by atoms with Gasteiger partial charge in [0.25, 0.3) is 0 Å². The highest BCUT2D eigenvalue weighted by atomic mass is 35.5. The number of hydrogen-bond acceptors (Lipinski definition) is 2. The highest BCUT2D eigenvalue weighted by Gasteiger charge is 2.41. The molecular formula is C17H20Cl2N2O. The molecule has 5 heteroatoms. The number of piperidine rings is 1. The highest BCUT2D eigenvalue weighted by Crippen LogP contribution is 2.40. The van der Waals surface area contributed by atoms with Gasteiger partial charge in [0.05, 0.1) is 10.4 Å². The third kappa shape index (κ3) is 2.90. The molecule has 0 aliphatic carbocycles. The molecule has 1 amide bonds. The molecule has 1 aromatic rings. The average Bonchev–Trinajstić information content (AvgIpc) is 2.61. The van der Waals surface area contributed by atoms with Gasteiger partial charge in [-0.25, -0.2) is 0 Å². The maximum absolute atomic E-state index is 12.9. The summed E-state index contributed by atoms with van der Waals surface area (Å²) >= 11 is 12.3. The fourth-order valence-corrected chi connectivity index (χ4v) is 3.89. The lowest BCUT2D eigenvalue weighted by molar-refractivity contribution is -0.131. The zero-order valence-corrected chi connectivity index (χ0v) is 14.2. The van der Waals surface area contributed by atoms with Crippen molar-refractivity contribution in [2.45, 2.75) is 32.6 Å². The van der Waals surface area contributed by atoms with Crippen LogP contribution in [0.4, 0.5) is 0 Å². The molecule has 1 aromatic carbocycles. The summed E-state index contributed by atoms with van der Waals surface area (Å²) < 4.78 is 0. The van der Waals surface area contributed by atoms with Gasteiger partial charge in [-0.15, -0.1) is 0 Å². The molecule has 0 atom stereocenters. The van der Waals surface area contributed by atoms with E-state index in [0.717, 1.165) is 50.0 Å². The van der Waals surface area contributed by atoms with E-state index in [9.17, 15) is 4.79 Å². The highest BCUT2D eigenvalue weighted by molar-refractivity contribution is 6.35. The number of carbonyl (C=O) groups excluding carboxylic acids is 1. The summed E-state index contributed by atoms with van der Waals surface area (Å²) in [7, 11) is 0. The van der Waals surface area contributed by atoms with E-state index in [4.69, 9.17) is 23.2 Å². The van der Waals surface area contributed by atoms with E-state index in [2.05, 4.69) is 17.6 Å². The largest absolute Gasteiger partial charge is 0.325 e. The van der Waals surface area contributed by atoms with Gasteiger partial charge in [-0.3, -0.25) is 4.79 Å². The fourth-order valence-electron chi connectivity index (χ4n) is 3.39. The number of amides is 1. The zero-order chi connectivity index (χ0) is 15.7. The van der Waals surface area contributed by atoms with Gasteiger partial charge in [0.2, 0.25) is 5.91 Å². The average molecular weight is 339 g/mol. The molecule has 2 heterocycles. The summed E-state index contributed by atoms with van der Waals surface area (Å²) in [6, 6.07) is 5.40. The van der Waals surface area contributed by atoms with Gasteiger partial charge in [-0.2, -0.15) is 0 Å². The van der Waals surface area contributed by atoms with Crippen molar-refractivity contribution in [2.24, 2.45) is 5.41 Å². The van der Waals surface area contributed by atoms with E-state index in [-0.39, 0.29) is 11.3 Å². The second kappa shape index (κ2) is 6.23. The van der Waals surface area contributed by atoms with Crippen LogP contribution >= 0.6 is 23.2 Å². The van der Waals surface area contributed by atoms with Crippen LogP contribution in [-0.2, 0) is 4.79 Å². The summed E-state index contributed by atoms with van der Waals surface area (Å²) in [5, 5.41) is 7.66. The van der Waals surface area contributed by atoms with Gasteiger partial charge in [-0.05, 0) is 69.5 Å². The molecule has 0 saturated carbocycles. The van der Waals surface area contributed by atoms with E-state index in [1.807, 2.05) is 6.07 Å². The molecule has 1 spiro atoms. The summed E-state index contributed by atoms with van der Waals surface area (Å²) in [6.45, 7) is 3.88. The summed E-state index contributed by atoms with van der Waals surface area (Å²) in [4.78, 5) is 12.9. The molecule has 118 valence electrons. The molecule has 1 fully saturated rings. The van der Waals surface area contributed by atoms with Crippen molar-refractivity contribution in [1.82, 2.24) is 10.6 Å². The minimum atomic E-state index is -0.243. The molecule has 2 aliphatic heterocycles. The number of carbonyl (C=O) groups is 1. The van der Waals surface area contributed by atoms with E-state index < -0.39 is 0 Å². The van der Waals surface area contributed by atoms with Crippen molar-refractivity contribution in [3.8, 4) is 0 Å². The Morgan fingerprint density at radius 2 is 1.86 bits per heavy atom. The molecule has 1 saturated heterocycles. The molecular weight excluding hydrogens is 319 g/mol. The number of rotatable bonds is 1. The number of hydrogen-bond donors (Lipinski definition) is 2. The van der Waals surface area contributed by atoms with Crippen molar-refractivity contribution in [3.63, 3.8) is 0 Å². The predicted octanol–water partition coefficient (Wildman–Crippen LogP) is 4.00. The summed E-state index contributed by atoms with van der Waals surface area (Å²) in [5.74, 6) is 0.131. The third-order valence-electron chi connectivity index (χ3n) is 4.89. The van der Waals surface area contributed by atoms with Crippen molar-refractivity contribution >= 4 is 34.8 Å². The first-order valence-electron chi connectivity index (χ1n) is 7.69. The number of halogens is 2. The van der Waals surface area contributed by atoms with Crippen LogP contribution in [0.1, 0.15) is 38.2 Å². The van der Waals surface area contributed by atoms with Crippen LogP contribution in [0.15, 0.2) is 23.8 Å². The molecule has 0 aromatic heterocycles. The molecule has 2 aliphatic rings. The monoisotopic (exact) mass is 338 g/mol. The van der Waals surface area contributed by atoms with E-state index >= 15 is 0 Å². The second-order valence-corrected chi connectivity index (χ2v) is 7.11. The van der Waals surface area contributed by atoms with Crippen LogP contribution in [0.2, 0.25) is 10.0 Å². The summed E-state index contributed by atoms with van der Waals surface area (Å²) in [6.07, 6.45) is 3.61. The van der Waals surface area contributed by atoms with Crippen LogP contribution in [-0.4, -0.2) is 19.0 Å². The first-order chi connectivity index (χ1) is 10.5. The maximum Gasteiger partial charge on any atom is 0.230 e. The normalized spacial score (nSPS) is 21.7. The van der Waals surface area contributed by atoms with Crippen LogP contribution < -0.4 is 10.6 Å². The molecule has 2 N–H and O–H groups in total. The molecule has 0 bridgehead atoms. The predicted molar refractivity (Wildman–Crippen MR) is 91.0 cm³/mol. The number of nitrogens with one attached hydrogen (secondary N) is 2. The van der Waals surface area contributed by atoms with E-state index in [0.29, 0.717) is 10.0 Å². The van der Waals surface area contributed by atoms with Crippen molar-refractivity contribution in [1.29, 1.82) is 0 Å². The lowest BCUT2D eigenvalue weighted by Crippen LogP contribution is -2.46. The Labute approximate surface area is 141 Å². The topological polar surface area (TPSA) is 41.1 Å². The van der Waals surface area contributed by atoms with Crippen LogP contribution in [0.25, 0.3) is 5.70 Å². The van der Waals surface area contributed by atoms with Gasteiger partial charge in [0, 0.05) is 16.3 Å². The molecule has 3 nitrogen and oxygen atoms in total. The molecule has 3 rings (SSSR count). The third-order valence-corrected chi connectivity index (χ3v) is 5.43. The van der Waals surface area contributed by atoms with Gasteiger partial charge in [0.15, 0.2) is 0 Å². The van der Waals surface area contributed by atoms with Crippen molar-refractivity contribution in [2.75, 3.05) is 13.1 Å². The van der Waals surface area contributed by atoms with Gasteiger partial charge in [-0.1, -0.05) is 23.2 Å². The maximum atomic E-state index is 12.9. The quantitative estimate of drug-likeness (QED) is 0.812. The van der Waals surface area contributed by atoms with E-state index in [1.54, 1.807) is 12.1 Å². The van der Waals surface area contributed by atoms with E-state index in [1.165, 1.54) is 5.57 Å². The Bertz CT molecular complexity index is 634. The lowest BCUT2D eigenvalue weighted by atomic mass is 9.74. The Morgan fingerprint density at radius 3 is 2.55 bits per heavy atom. The Kier molecular flexibility index (Phi) is 4.49. The van der Waals surface area contributed by atoms with Gasteiger partial charge < -0.3 is 10.6 Å². The van der Waals surface area contributed by atoms with Crippen molar-refractivity contribution < 1.29 is 4.79 Å². The van der Waals surface area contributed by atoms with Crippen molar-refractivity contribution in [3.05, 3.63) is 39.4 Å². The Balaban J connectivity index is 1.94. The lowest BCUT2D eigenvalue weighted by Gasteiger charge is -2.35. The summed E-state index contributed by atoms with van der Waals surface area (Å²) in [5.41, 5.74) is 2.63. The van der Waals surface area contributed by atoms with Crippen LogP contribution in [0.5, 0.6) is 0 Å².